The fourth-order valence-electron chi connectivity index (χ4n) is 1.72. The lowest BCUT2D eigenvalue weighted by atomic mass is 10.4. The predicted octanol–water partition coefficient (Wildman–Crippen LogP) is 0.606. The molecule has 9 heteroatoms. The van der Waals surface area contributed by atoms with Crippen molar-refractivity contribution < 1.29 is 8.42 Å². The molecule has 3 N–H and O–H groups in total. The van der Waals surface area contributed by atoms with Gasteiger partial charge in [-0.2, -0.15) is 0 Å². The van der Waals surface area contributed by atoms with Gasteiger partial charge in [0.1, 0.15) is 5.52 Å². The van der Waals surface area contributed by atoms with Crippen LogP contribution in [-0.2, 0) is 16.6 Å². The first-order valence-electron chi connectivity index (χ1n) is 5.59. The Balaban J connectivity index is 2.10. The Labute approximate surface area is 115 Å². The number of nitrogens with one attached hydrogen (secondary N) is 1. The molecule has 0 aromatic carbocycles. The van der Waals surface area contributed by atoms with E-state index >= 15 is 0 Å². The molecule has 2 aromatic rings. The molecule has 2 rings (SSSR count). The Bertz CT molecular complexity index is 697. The van der Waals surface area contributed by atoms with Crippen LogP contribution in [0.15, 0.2) is 12.3 Å². The fourth-order valence-corrected chi connectivity index (χ4v) is 2.39. The Morgan fingerprint density at radius 3 is 2.95 bits per heavy atom. The SMILES string of the molecule is CS(=O)(=O)NCCCn1c(N)nc2cc(Cl)cnc21. The molecular formula is C10H14ClN5O2S. The Hall–Kier alpha value is -1.38. The third kappa shape index (κ3) is 3.55. The van der Waals surface area contributed by atoms with Gasteiger partial charge in [0.25, 0.3) is 0 Å². The summed E-state index contributed by atoms with van der Waals surface area (Å²) < 4.78 is 26.0. The normalized spacial score (nSPS) is 12.1. The second-order valence-corrected chi connectivity index (χ2v) is 6.41. The molecule has 0 aliphatic rings. The van der Waals surface area contributed by atoms with E-state index in [0.29, 0.717) is 41.6 Å². The molecule has 0 spiro atoms. The summed E-state index contributed by atoms with van der Waals surface area (Å²) in [5.41, 5.74) is 7.07. The number of imidazole rings is 1. The van der Waals surface area contributed by atoms with Crippen molar-refractivity contribution >= 4 is 38.7 Å². The highest BCUT2D eigenvalue weighted by atomic mass is 35.5. The van der Waals surface area contributed by atoms with E-state index in [1.165, 1.54) is 6.20 Å². The van der Waals surface area contributed by atoms with Crippen LogP contribution in [0.3, 0.4) is 0 Å². The number of sulfonamides is 1. The molecule has 2 heterocycles. The molecule has 19 heavy (non-hydrogen) atoms. The average Bonchev–Trinajstić information content (AvgIpc) is 2.58. The van der Waals surface area contributed by atoms with E-state index in [1.807, 2.05) is 0 Å². The number of fused-ring (bicyclic) bond motifs is 1. The number of hydrogen-bond donors (Lipinski definition) is 2. The third-order valence-electron chi connectivity index (χ3n) is 2.50. The number of nitrogens with zero attached hydrogens (tertiary/aromatic N) is 3. The first-order valence-corrected chi connectivity index (χ1v) is 7.85. The smallest absolute Gasteiger partial charge is 0.208 e. The van der Waals surface area contributed by atoms with Gasteiger partial charge in [0.2, 0.25) is 16.0 Å². The minimum atomic E-state index is -3.16. The maximum absolute atomic E-state index is 10.9. The van der Waals surface area contributed by atoms with Crippen LogP contribution in [0.5, 0.6) is 0 Å². The molecule has 0 atom stereocenters. The Kier molecular flexibility index (Phi) is 3.93. The molecule has 2 aromatic heterocycles. The van der Waals surface area contributed by atoms with E-state index in [4.69, 9.17) is 17.3 Å². The number of nitrogen functional groups attached to an aromatic ring is 1. The lowest BCUT2D eigenvalue weighted by molar-refractivity contribution is 0.578. The van der Waals surface area contributed by atoms with Crippen LogP contribution in [0.2, 0.25) is 5.02 Å². The summed E-state index contributed by atoms with van der Waals surface area (Å²) in [5, 5.41) is 0.496. The molecule has 0 fully saturated rings. The van der Waals surface area contributed by atoms with Crippen molar-refractivity contribution in [3.8, 4) is 0 Å². The zero-order valence-electron chi connectivity index (χ0n) is 10.3. The van der Waals surface area contributed by atoms with Crippen LogP contribution in [0.25, 0.3) is 11.2 Å². The number of anilines is 1. The van der Waals surface area contributed by atoms with Gasteiger partial charge in [-0.1, -0.05) is 11.6 Å². The average molecular weight is 304 g/mol. The van der Waals surface area contributed by atoms with Crippen molar-refractivity contribution in [2.45, 2.75) is 13.0 Å². The van der Waals surface area contributed by atoms with E-state index in [2.05, 4.69) is 14.7 Å². The van der Waals surface area contributed by atoms with Crippen molar-refractivity contribution in [3.05, 3.63) is 17.3 Å². The lowest BCUT2D eigenvalue weighted by Crippen LogP contribution is -2.24. The van der Waals surface area contributed by atoms with Gasteiger partial charge in [0.15, 0.2) is 5.65 Å². The number of aryl methyl sites for hydroxylation is 1. The van der Waals surface area contributed by atoms with Gasteiger partial charge in [0, 0.05) is 19.3 Å². The second kappa shape index (κ2) is 5.32. The molecule has 104 valence electrons. The van der Waals surface area contributed by atoms with Gasteiger partial charge in [0.05, 0.1) is 11.3 Å². The Morgan fingerprint density at radius 1 is 1.53 bits per heavy atom. The lowest BCUT2D eigenvalue weighted by Gasteiger charge is -2.06. The highest BCUT2D eigenvalue weighted by molar-refractivity contribution is 7.88. The van der Waals surface area contributed by atoms with Crippen LogP contribution in [0, 0.1) is 0 Å². The molecule has 0 amide bonds. The summed E-state index contributed by atoms with van der Waals surface area (Å²) >= 11 is 5.83. The molecule has 0 aliphatic heterocycles. The molecule has 0 saturated carbocycles. The topological polar surface area (TPSA) is 103 Å². The summed E-state index contributed by atoms with van der Waals surface area (Å²) in [6, 6.07) is 1.69. The van der Waals surface area contributed by atoms with Crippen LogP contribution in [0.4, 0.5) is 5.95 Å². The maximum Gasteiger partial charge on any atom is 0.208 e. The summed E-state index contributed by atoms with van der Waals surface area (Å²) in [7, 11) is -3.16. The fraction of sp³-hybridized carbons (Fsp3) is 0.400. The predicted molar refractivity (Wildman–Crippen MR) is 74.4 cm³/mol. The zero-order chi connectivity index (χ0) is 14.0. The third-order valence-corrected chi connectivity index (χ3v) is 3.44. The molecule has 7 nitrogen and oxygen atoms in total. The number of rotatable bonds is 5. The first-order chi connectivity index (χ1) is 8.87. The van der Waals surface area contributed by atoms with Crippen molar-refractivity contribution in [1.82, 2.24) is 19.3 Å². The molecule has 0 aliphatic carbocycles. The van der Waals surface area contributed by atoms with Crippen LogP contribution >= 0.6 is 11.6 Å². The van der Waals surface area contributed by atoms with Crippen molar-refractivity contribution in [3.63, 3.8) is 0 Å². The van der Waals surface area contributed by atoms with Gasteiger partial charge in [-0.25, -0.2) is 23.1 Å². The quantitative estimate of drug-likeness (QED) is 0.788. The van der Waals surface area contributed by atoms with Crippen LogP contribution < -0.4 is 10.5 Å². The number of hydrogen-bond acceptors (Lipinski definition) is 5. The highest BCUT2D eigenvalue weighted by Gasteiger charge is 2.09. The highest BCUT2D eigenvalue weighted by Crippen LogP contribution is 2.19. The van der Waals surface area contributed by atoms with Gasteiger partial charge in [-0.15, -0.1) is 0 Å². The van der Waals surface area contributed by atoms with E-state index in [9.17, 15) is 8.42 Å². The molecule has 0 saturated heterocycles. The largest absolute Gasteiger partial charge is 0.369 e. The standard InChI is InChI=1S/C10H14ClN5O2S/c1-19(17,18)14-3-2-4-16-9-8(15-10(16)12)5-7(11)6-13-9/h5-6,14H,2-4H2,1H3,(H2,12,15). The summed E-state index contributed by atoms with van der Waals surface area (Å²) in [4.78, 5) is 8.34. The summed E-state index contributed by atoms with van der Waals surface area (Å²) in [6.07, 6.45) is 3.24. The molecule has 0 unspecified atom stereocenters. The second-order valence-electron chi connectivity index (χ2n) is 4.14. The van der Waals surface area contributed by atoms with Crippen LogP contribution in [-0.4, -0.2) is 35.8 Å². The number of aromatic nitrogens is 3. The van der Waals surface area contributed by atoms with E-state index in [0.717, 1.165) is 6.26 Å². The first kappa shape index (κ1) is 14.0. The monoisotopic (exact) mass is 303 g/mol. The molecular weight excluding hydrogens is 290 g/mol. The summed E-state index contributed by atoms with van der Waals surface area (Å²) in [6.45, 7) is 0.866. The van der Waals surface area contributed by atoms with Gasteiger partial charge >= 0.3 is 0 Å². The molecule has 0 bridgehead atoms. The van der Waals surface area contributed by atoms with Crippen molar-refractivity contribution in [1.29, 1.82) is 0 Å². The number of halogens is 1. The zero-order valence-corrected chi connectivity index (χ0v) is 11.9. The maximum atomic E-state index is 10.9. The molecule has 0 radical (unpaired) electrons. The minimum absolute atomic E-state index is 0.337. The number of nitrogens with two attached hydrogens (primary N) is 1. The van der Waals surface area contributed by atoms with E-state index < -0.39 is 10.0 Å². The van der Waals surface area contributed by atoms with Gasteiger partial charge < -0.3 is 5.73 Å². The summed E-state index contributed by atoms with van der Waals surface area (Å²) in [5.74, 6) is 0.337. The van der Waals surface area contributed by atoms with Crippen molar-refractivity contribution in [2.24, 2.45) is 0 Å². The van der Waals surface area contributed by atoms with Gasteiger partial charge in [-0.3, -0.25) is 4.57 Å². The van der Waals surface area contributed by atoms with Gasteiger partial charge in [-0.05, 0) is 12.5 Å². The minimum Gasteiger partial charge on any atom is -0.369 e. The van der Waals surface area contributed by atoms with E-state index in [1.54, 1.807) is 10.6 Å². The number of pyridine rings is 1. The Morgan fingerprint density at radius 2 is 2.26 bits per heavy atom. The van der Waals surface area contributed by atoms with E-state index in [-0.39, 0.29) is 0 Å². The van der Waals surface area contributed by atoms with Crippen molar-refractivity contribution in [2.75, 3.05) is 18.5 Å². The van der Waals surface area contributed by atoms with Crippen LogP contribution in [0.1, 0.15) is 6.42 Å².